The monoisotopic (exact) mass is 143 g/mol. The highest BCUT2D eigenvalue weighted by atomic mass is 32.1. The first-order chi connectivity index (χ1) is 4.16. The highest BCUT2D eigenvalue weighted by Gasteiger charge is 1.94. The molecule has 0 aliphatic rings. The summed E-state index contributed by atoms with van der Waals surface area (Å²) in [7, 11) is 0. The SMILES string of the molecule is CC(C)CC(=S)C=CN. The fourth-order valence-corrected chi connectivity index (χ4v) is 0.990. The minimum Gasteiger partial charge on any atom is -0.405 e. The number of rotatable bonds is 3. The molecule has 0 saturated heterocycles. The lowest BCUT2D eigenvalue weighted by Crippen LogP contribution is -1.96. The van der Waals surface area contributed by atoms with E-state index in [0.29, 0.717) is 5.92 Å². The fourth-order valence-electron chi connectivity index (χ4n) is 0.578. The van der Waals surface area contributed by atoms with Gasteiger partial charge in [-0.15, -0.1) is 0 Å². The van der Waals surface area contributed by atoms with Crippen molar-refractivity contribution in [3.63, 3.8) is 0 Å². The summed E-state index contributed by atoms with van der Waals surface area (Å²) in [5.74, 6) is 0.633. The van der Waals surface area contributed by atoms with E-state index in [1.165, 1.54) is 6.20 Å². The molecule has 0 saturated carbocycles. The topological polar surface area (TPSA) is 26.0 Å². The van der Waals surface area contributed by atoms with Crippen LogP contribution < -0.4 is 5.73 Å². The molecule has 0 unspecified atom stereocenters. The second-order valence-corrected chi connectivity index (χ2v) is 2.95. The first-order valence-electron chi connectivity index (χ1n) is 3.08. The van der Waals surface area contributed by atoms with Crippen molar-refractivity contribution in [3.8, 4) is 0 Å². The Hall–Kier alpha value is -0.370. The minimum absolute atomic E-state index is 0.633. The van der Waals surface area contributed by atoms with Gasteiger partial charge < -0.3 is 5.73 Å². The molecule has 0 atom stereocenters. The maximum Gasteiger partial charge on any atom is 0.0169 e. The highest BCUT2D eigenvalue weighted by molar-refractivity contribution is 7.80. The van der Waals surface area contributed by atoms with Gasteiger partial charge in [0.1, 0.15) is 0 Å². The van der Waals surface area contributed by atoms with Crippen LogP contribution in [0.3, 0.4) is 0 Å². The molecule has 0 amide bonds. The van der Waals surface area contributed by atoms with Crippen molar-refractivity contribution in [1.82, 2.24) is 0 Å². The zero-order valence-corrected chi connectivity index (χ0v) is 6.74. The van der Waals surface area contributed by atoms with Gasteiger partial charge in [0.2, 0.25) is 0 Å². The first-order valence-corrected chi connectivity index (χ1v) is 3.48. The van der Waals surface area contributed by atoms with Gasteiger partial charge >= 0.3 is 0 Å². The molecule has 0 aliphatic carbocycles. The van der Waals surface area contributed by atoms with Gasteiger partial charge in [0.15, 0.2) is 0 Å². The number of allylic oxidation sites excluding steroid dienone is 1. The number of hydrogen-bond acceptors (Lipinski definition) is 2. The number of thiocarbonyl (C=S) groups is 1. The Balaban J connectivity index is 3.51. The summed E-state index contributed by atoms with van der Waals surface area (Å²) in [4.78, 5) is 0.938. The Morgan fingerprint density at radius 3 is 2.56 bits per heavy atom. The van der Waals surface area contributed by atoms with Gasteiger partial charge in [0, 0.05) is 4.86 Å². The van der Waals surface area contributed by atoms with E-state index in [-0.39, 0.29) is 0 Å². The molecule has 0 heterocycles. The normalized spacial score (nSPS) is 11.0. The zero-order chi connectivity index (χ0) is 7.28. The Labute approximate surface area is 61.9 Å². The maximum atomic E-state index is 5.14. The van der Waals surface area contributed by atoms with E-state index >= 15 is 0 Å². The van der Waals surface area contributed by atoms with Crippen molar-refractivity contribution in [1.29, 1.82) is 0 Å². The van der Waals surface area contributed by atoms with Crippen LogP contribution in [0.15, 0.2) is 12.3 Å². The Kier molecular flexibility index (Phi) is 4.32. The highest BCUT2D eigenvalue weighted by Crippen LogP contribution is 2.01. The van der Waals surface area contributed by atoms with Crippen LogP contribution in [0.4, 0.5) is 0 Å². The minimum atomic E-state index is 0.633. The Morgan fingerprint density at radius 1 is 1.67 bits per heavy atom. The van der Waals surface area contributed by atoms with Crippen molar-refractivity contribution in [2.75, 3.05) is 0 Å². The van der Waals surface area contributed by atoms with Crippen LogP contribution in [0.25, 0.3) is 0 Å². The second kappa shape index (κ2) is 4.50. The molecule has 1 nitrogen and oxygen atoms in total. The average molecular weight is 143 g/mol. The van der Waals surface area contributed by atoms with Gasteiger partial charge in [0.05, 0.1) is 0 Å². The largest absolute Gasteiger partial charge is 0.405 e. The van der Waals surface area contributed by atoms with Crippen molar-refractivity contribution < 1.29 is 0 Å². The predicted molar refractivity (Wildman–Crippen MR) is 45.4 cm³/mol. The van der Waals surface area contributed by atoms with Gasteiger partial charge in [-0.2, -0.15) is 0 Å². The molecular weight excluding hydrogens is 130 g/mol. The molecule has 0 aliphatic heterocycles. The standard InChI is InChI=1S/C7H13NS/c1-6(2)5-7(9)3-4-8/h3-4,6H,5,8H2,1-2H3. The van der Waals surface area contributed by atoms with E-state index in [1.807, 2.05) is 0 Å². The Bertz CT molecular complexity index is 116. The molecule has 2 N–H and O–H groups in total. The van der Waals surface area contributed by atoms with Crippen molar-refractivity contribution in [2.45, 2.75) is 20.3 Å². The van der Waals surface area contributed by atoms with Crippen LogP contribution in [-0.4, -0.2) is 4.86 Å². The van der Waals surface area contributed by atoms with Gasteiger partial charge in [-0.3, -0.25) is 0 Å². The lowest BCUT2D eigenvalue weighted by Gasteiger charge is -1.99. The van der Waals surface area contributed by atoms with E-state index in [9.17, 15) is 0 Å². The van der Waals surface area contributed by atoms with Crippen LogP contribution >= 0.6 is 12.2 Å². The van der Waals surface area contributed by atoms with Crippen molar-refractivity contribution in [2.24, 2.45) is 11.7 Å². The molecule has 0 bridgehead atoms. The number of hydrogen-bond donors (Lipinski definition) is 1. The summed E-state index contributed by atoms with van der Waals surface area (Å²) in [6.07, 6.45) is 4.23. The van der Waals surface area contributed by atoms with Gasteiger partial charge in [-0.25, -0.2) is 0 Å². The number of nitrogens with two attached hydrogens (primary N) is 1. The molecule has 2 heteroatoms. The van der Waals surface area contributed by atoms with Gasteiger partial charge in [0.25, 0.3) is 0 Å². The molecule has 0 aromatic heterocycles. The molecule has 52 valence electrons. The third-order valence-electron chi connectivity index (χ3n) is 0.892. The lowest BCUT2D eigenvalue weighted by molar-refractivity contribution is 0.689. The summed E-state index contributed by atoms with van der Waals surface area (Å²) in [6.45, 7) is 4.27. The van der Waals surface area contributed by atoms with Crippen LogP contribution in [0.1, 0.15) is 20.3 Å². The summed E-state index contributed by atoms with van der Waals surface area (Å²) < 4.78 is 0. The van der Waals surface area contributed by atoms with E-state index in [1.54, 1.807) is 6.08 Å². The van der Waals surface area contributed by atoms with Crippen LogP contribution in [0, 0.1) is 5.92 Å². The summed E-state index contributed by atoms with van der Waals surface area (Å²) >= 11 is 4.96. The quantitative estimate of drug-likeness (QED) is 0.482. The van der Waals surface area contributed by atoms with Crippen LogP contribution in [0.2, 0.25) is 0 Å². The zero-order valence-electron chi connectivity index (χ0n) is 5.92. The van der Waals surface area contributed by atoms with E-state index in [4.69, 9.17) is 18.0 Å². The molecule has 0 rings (SSSR count). The first kappa shape index (κ1) is 8.63. The third-order valence-corrected chi connectivity index (χ3v) is 1.19. The lowest BCUT2D eigenvalue weighted by atomic mass is 10.1. The average Bonchev–Trinajstić information content (AvgIpc) is 1.63. The molecule has 9 heavy (non-hydrogen) atoms. The van der Waals surface area contributed by atoms with Crippen molar-refractivity contribution in [3.05, 3.63) is 12.3 Å². The van der Waals surface area contributed by atoms with E-state index in [2.05, 4.69) is 13.8 Å². The summed E-state index contributed by atoms with van der Waals surface area (Å²) in [5.41, 5.74) is 5.14. The molecule has 0 aromatic carbocycles. The fraction of sp³-hybridized carbons (Fsp3) is 0.571. The summed E-state index contributed by atoms with van der Waals surface area (Å²) in [5, 5.41) is 0. The van der Waals surface area contributed by atoms with E-state index < -0.39 is 0 Å². The van der Waals surface area contributed by atoms with Crippen LogP contribution in [-0.2, 0) is 0 Å². The molecule has 0 fully saturated rings. The molecule has 0 radical (unpaired) electrons. The maximum absolute atomic E-state index is 5.14. The predicted octanol–water partition coefficient (Wildman–Crippen LogP) is 1.87. The molecular formula is C7H13NS. The third kappa shape index (κ3) is 5.50. The van der Waals surface area contributed by atoms with Gasteiger partial charge in [-0.05, 0) is 24.6 Å². The molecule has 0 aromatic rings. The Morgan fingerprint density at radius 2 is 2.22 bits per heavy atom. The van der Waals surface area contributed by atoms with Gasteiger partial charge in [-0.1, -0.05) is 26.1 Å². The smallest absolute Gasteiger partial charge is 0.0169 e. The second-order valence-electron chi connectivity index (χ2n) is 2.42. The van der Waals surface area contributed by atoms with Crippen LogP contribution in [0.5, 0.6) is 0 Å². The summed E-state index contributed by atoms with van der Waals surface area (Å²) in [6, 6.07) is 0. The van der Waals surface area contributed by atoms with Crippen molar-refractivity contribution >= 4 is 17.1 Å². The van der Waals surface area contributed by atoms with E-state index in [0.717, 1.165) is 11.3 Å². The molecule has 0 spiro atoms.